The number of halogens is 15. The number of hydrogen-bond donors (Lipinski definition) is 1. The monoisotopic (exact) mass is 792 g/mol. The number of pyridine rings is 3. The molecule has 0 radical (unpaired) electrons. The van der Waals surface area contributed by atoms with E-state index in [-0.39, 0.29) is 5.56 Å². The average Bonchev–Trinajstić information content (AvgIpc) is 3.72. The number of nitrogens with one attached hydrogen (secondary N) is 1. The van der Waals surface area contributed by atoms with Crippen LogP contribution >= 0.6 is 0 Å². The van der Waals surface area contributed by atoms with Crippen LogP contribution in [-0.4, -0.2) is 75.8 Å². The van der Waals surface area contributed by atoms with E-state index in [0.717, 1.165) is 42.8 Å². The van der Waals surface area contributed by atoms with Crippen molar-refractivity contribution in [3.8, 4) is 33.9 Å². The van der Waals surface area contributed by atoms with E-state index in [1.54, 1.807) is 36.4 Å². The molecule has 6 nitrogen and oxygen atoms in total. The zero-order valence-electron chi connectivity index (χ0n) is 26.7. The maximum atomic E-state index is 14.3. The molecule has 0 aliphatic carbocycles. The fourth-order valence-corrected chi connectivity index (χ4v) is 4.56. The lowest BCUT2D eigenvalue weighted by atomic mass is 9.91. The van der Waals surface area contributed by atoms with Crippen molar-refractivity contribution in [1.82, 2.24) is 15.0 Å². The molecule has 0 unspecified atom stereocenters. The van der Waals surface area contributed by atoms with Crippen molar-refractivity contribution in [2.45, 2.75) is 54.6 Å². The van der Waals surface area contributed by atoms with Gasteiger partial charge in [0.25, 0.3) is 0 Å². The highest BCUT2D eigenvalue weighted by molar-refractivity contribution is 5.97. The largest absolute Gasteiger partial charge is 0.460 e. The van der Waals surface area contributed by atoms with Crippen LogP contribution in [0.5, 0.6) is 0 Å². The number of rotatable bonds is 10. The van der Waals surface area contributed by atoms with Gasteiger partial charge >= 0.3 is 47.6 Å². The van der Waals surface area contributed by atoms with Crippen molar-refractivity contribution in [3.05, 3.63) is 85.2 Å². The van der Waals surface area contributed by atoms with Crippen LogP contribution in [0.15, 0.2) is 85.2 Å². The smallest absolute Gasteiger partial charge is 0.381 e. The van der Waals surface area contributed by atoms with E-state index in [1.165, 1.54) is 37.4 Å². The van der Waals surface area contributed by atoms with Gasteiger partial charge < -0.3 is 10.1 Å². The van der Waals surface area contributed by atoms with Crippen LogP contribution < -0.4 is 5.32 Å². The first-order chi connectivity index (χ1) is 24.9. The lowest BCUT2D eigenvalue weighted by molar-refractivity contribution is -0.449. The minimum absolute atomic E-state index is 0.214. The molecule has 5 rings (SSSR count). The quantitative estimate of drug-likeness (QED) is 0.162. The SMILES string of the molecule is C1CCOC1.O=C(Nc1ccc(-c2cc(-c3ccccn3)nc(-c3ccccn3)c2)cc1)C(F)(F)C(F)(F)C(F)(F)C(F)(F)C(F)(F)C(F)(F)C(F)(F)F. The Morgan fingerprint density at radius 3 is 1.37 bits per heavy atom. The van der Waals surface area contributed by atoms with Crippen molar-refractivity contribution >= 4 is 11.6 Å². The molecule has 54 heavy (non-hydrogen) atoms. The topological polar surface area (TPSA) is 77.0 Å². The average molecular weight is 793 g/mol. The number of benzene rings is 1. The first-order valence-corrected chi connectivity index (χ1v) is 15.1. The van der Waals surface area contributed by atoms with Gasteiger partial charge in [0.1, 0.15) is 0 Å². The summed E-state index contributed by atoms with van der Waals surface area (Å²) in [5.41, 5.74) is 1.03. The fraction of sp³-hybridized carbons (Fsp3) is 0.333. The molecule has 1 fully saturated rings. The normalized spacial score (nSPS) is 14.6. The number of hydrogen-bond acceptors (Lipinski definition) is 5. The van der Waals surface area contributed by atoms with E-state index in [4.69, 9.17) is 4.74 Å². The second kappa shape index (κ2) is 15.1. The van der Waals surface area contributed by atoms with Gasteiger partial charge in [-0.05, 0) is 72.5 Å². The molecule has 1 aliphatic rings. The van der Waals surface area contributed by atoms with Crippen LogP contribution in [0, 0.1) is 0 Å². The highest BCUT2D eigenvalue weighted by atomic mass is 19.4. The maximum absolute atomic E-state index is 14.3. The maximum Gasteiger partial charge on any atom is 0.460 e. The van der Waals surface area contributed by atoms with E-state index < -0.39 is 53.3 Å². The van der Waals surface area contributed by atoms with E-state index in [9.17, 15) is 70.7 Å². The minimum atomic E-state index is -8.50. The van der Waals surface area contributed by atoms with Crippen LogP contribution in [0.4, 0.5) is 71.5 Å². The zero-order chi connectivity index (χ0) is 40.4. The van der Waals surface area contributed by atoms with Gasteiger partial charge in [0.15, 0.2) is 0 Å². The van der Waals surface area contributed by atoms with Gasteiger partial charge in [-0.2, -0.15) is 65.9 Å². The van der Waals surface area contributed by atoms with E-state index in [2.05, 4.69) is 15.0 Å². The summed E-state index contributed by atoms with van der Waals surface area (Å²) in [7, 11) is 0. The number of amides is 1. The molecule has 0 atom stereocenters. The first-order valence-electron chi connectivity index (χ1n) is 15.1. The Labute approximate surface area is 294 Å². The standard InChI is InChI=1S/C29H15F15N4O.C4H8O/c30-23(31,24(32,33)25(34,35)26(36,37)27(38,39)28(40,41)29(42,43)44)22(49)47-17-9-7-15(8-10-17)16-13-20(18-5-1-3-11-45-18)48-21(14-16)19-6-2-4-12-46-19;1-2-4-5-3-1/h1-14H,(H,47,49);1-4H2. The lowest BCUT2D eigenvalue weighted by Gasteiger charge is -2.41. The number of carbonyl (C=O) groups is 1. The molecule has 292 valence electrons. The van der Waals surface area contributed by atoms with Gasteiger partial charge in [-0.3, -0.25) is 14.8 Å². The van der Waals surface area contributed by atoms with Crippen molar-refractivity contribution in [1.29, 1.82) is 0 Å². The molecule has 1 amide bonds. The molecule has 1 aromatic carbocycles. The van der Waals surface area contributed by atoms with Gasteiger partial charge in [0, 0.05) is 31.3 Å². The van der Waals surface area contributed by atoms with Crippen molar-refractivity contribution in [3.63, 3.8) is 0 Å². The third-order valence-corrected chi connectivity index (χ3v) is 7.60. The number of anilines is 1. The predicted molar refractivity (Wildman–Crippen MR) is 161 cm³/mol. The molecule has 0 spiro atoms. The second-order valence-electron chi connectivity index (χ2n) is 11.4. The Morgan fingerprint density at radius 1 is 0.537 bits per heavy atom. The van der Waals surface area contributed by atoms with Crippen LogP contribution in [0.1, 0.15) is 12.8 Å². The number of ether oxygens (including phenoxy) is 1. The van der Waals surface area contributed by atoms with Crippen LogP contribution in [0.2, 0.25) is 0 Å². The second-order valence-corrected chi connectivity index (χ2v) is 11.4. The molecule has 1 aliphatic heterocycles. The highest BCUT2D eigenvalue weighted by Crippen LogP contribution is 2.62. The van der Waals surface area contributed by atoms with Crippen LogP contribution in [0.3, 0.4) is 0 Å². The number of nitrogens with zero attached hydrogens (tertiary/aromatic N) is 3. The summed E-state index contributed by atoms with van der Waals surface area (Å²) in [6.45, 7) is 2.00. The van der Waals surface area contributed by atoms with Gasteiger partial charge in [0.2, 0.25) is 0 Å². The van der Waals surface area contributed by atoms with Gasteiger partial charge in [-0.25, -0.2) is 4.98 Å². The van der Waals surface area contributed by atoms with Gasteiger partial charge in [0.05, 0.1) is 22.8 Å². The number of aromatic nitrogens is 3. The van der Waals surface area contributed by atoms with Crippen molar-refractivity contribution in [2.75, 3.05) is 18.5 Å². The summed E-state index contributed by atoms with van der Waals surface area (Å²) in [5, 5.41) is 0.963. The third kappa shape index (κ3) is 7.67. The Balaban J connectivity index is 0.00000120. The van der Waals surface area contributed by atoms with Gasteiger partial charge in [-0.1, -0.05) is 24.3 Å². The Hall–Kier alpha value is -4.95. The highest BCUT2D eigenvalue weighted by Gasteiger charge is 2.94. The molecule has 21 heteroatoms. The Kier molecular flexibility index (Phi) is 11.7. The van der Waals surface area contributed by atoms with Gasteiger partial charge in [-0.15, -0.1) is 0 Å². The van der Waals surface area contributed by atoms with Crippen molar-refractivity contribution in [2.24, 2.45) is 0 Å². The molecule has 0 saturated carbocycles. The summed E-state index contributed by atoms with van der Waals surface area (Å²) >= 11 is 0. The van der Waals surface area contributed by atoms with Crippen LogP contribution in [-0.2, 0) is 9.53 Å². The van der Waals surface area contributed by atoms with E-state index in [0.29, 0.717) is 28.3 Å². The predicted octanol–water partition coefficient (Wildman–Crippen LogP) is 9.98. The number of carbonyl (C=O) groups excluding carboxylic acids is 1. The molecule has 4 heterocycles. The molecular weight excluding hydrogens is 769 g/mol. The van der Waals surface area contributed by atoms with Crippen LogP contribution in [0.25, 0.3) is 33.9 Å². The Morgan fingerprint density at radius 2 is 0.981 bits per heavy atom. The summed E-state index contributed by atoms with van der Waals surface area (Å²) in [4.78, 5) is 24.8. The zero-order valence-corrected chi connectivity index (χ0v) is 26.7. The summed E-state index contributed by atoms with van der Waals surface area (Å²) < 4.78 is 207. The molecule has 0 bridgehead atoms. The van der Waals surface area contributed by atoms with E-state index in [1.807, 2.05) is 0 Å². The van der Waals surface area contributed by atoms with E-state index >= 15 is 0 Å². The third-order valence-electron chi connectivity index (χ3n) is 7.60. The molecule has 1 N–H and O–H groups in total. The summed E-state index contributed by atoms with van der Waals surface area (Å²) in [6, 6.07) is 16.3. The summed E-state index contributed by atoms with van der Waals surface area (Å²) in [6.07, 6.45) is -2.25. The molecule has 1 saturated heterocycles. The minimum Gasteiger partial charge on any atom is -0.381 e. The number of alkyl halides is 15. The lowest BCUT2D eigenvalue weighted by Crippen LogP contribution is -2.73. The summed E-state index contributed by atoms with van der Waals surface area (Å²) in [5.74, 6) is -52.0. The molecule has 3 aromatic heterocycles. The first kappa shape index (κ1) is 41.8. The molecule has 4 aromatic rings. The molecular formula is C33H23F15N4O2. The fourth-order valence-electron chi connectivity index (χ4n) is 4.56. The van der Waals surface area contributed by atoms with Crippen molar-refractivity contribution < 1.29 is 75.4 Å². The Bertz CT molecular complexity index is 1820.